The minimum atomic E-state index is -3.54. The molecule has 7 heteroatoms. The van der Waals surface area contributed by atoms with Crippen molar-refractivity contribution in [2.24, 2.45) is 17.8 Å². The molecule has 39 heavy (non-hydrogen) atoms. The average Bonchev–Trinajstić information content (AvgIpc) is 3.40. The van der Waals surface area contributed by atoms with Crippen LogP contribution < -0.4 is 25.0 Å². The summed E-state index contributed by atoms with van der Waals surface area (Å²) in [6, 6.07) is 23.7. The van der Waals surface area contributed by atoms with Crippen molar-refractivity contribution in [2.45, 2.75) is 51.9 Å². The highest BCUT2D eigenvalue weighted by Crippen LogP contribution is 2.62. The minimum absolute atomic E-state index is 0.0952. The molecule has 2 aliphatic rings. The summed E-state index contributed by atoms with van der Waals surface area (Å²) in [5, 5.41) is 4.32. The van der Waals surface area contributed by atoms with Crippen LogP contribution in [0.25, 0.3) is 0 Å². The Balaban J connectivity index is 1.64. The molecule has 208 valence electrons. The van der Waals surface area contributed by atoms with Gasteiger partial charge in [0.15, 0.2) is 11.5 Å². The molecule has 0 bridgehead atoms. The number of hydrogen-bond donors (Lipinski definition) is 1. The Morgan fingerprint density at radius 3 is 2.36 bits per heavy atom. The van der Waals surface area contributed by atoms with Crippen LogP contribution in [0.1, 0.15) is 51.4 Å². The van der Waals surface area contributed by atoms with Gasteiger partial charge in [0.05, 0.1) is 6.10 Å². The lowest BCUT2D eigenvalue weighted by Gasteiger charge is -2.41. The highest BCUT2D eigenvalue weighted by atomic mass is 31.2. The molecule has 0 aromatic heterocycles. The van der Waals surface area contributed by atoms with Crippen molar-refractivity contribution in [1.82, 2.24) is 0 Å². The Bertz CT molecular complexity index is 1300. The van der Waals surface area contributed by atoms with Gasteiger partial charge in [-0.25, -0.2) is 0 Å². The first-order valence-electron chi connectivity index (χ1n) is 14.0. The summed E-state index contributed by atoms with van der Waals surface area (Å²) in [7, 11) is 0.474. The maximum absolute atomic E-state index is 15.7. The predicted octanol–water partition coefficient (Wildman–Crippen LogP) is 7.67. The van der Waals surface area contributed by atoms with Crippen LogP contribution >= 0.6 is 7.37 Å². The molecule has 0 unspecified atom stereocenters. The second-order valence-electron chi connectivity index (χ2n) is 11.5. The standard InChI is InChI=1S/C32H41N2O4P/c1-22(2)28-17-11-23(3)19-30(28)38-39(35,27-15-13-26(14-16-27)34(4)5)32(33-25-9-7-6-8-10-25)24-12-18-29-31(20-24)37-21-36-29/h6-10,12-16,18,20,22-23,28,30,32-33H,11,17,19,21H2,1-5H3/t23-,28-,30-,32+,39-/m1/s1. The monoisotopic (exact) mass is 548 g/mol. The molecule has 1 saturated carbocycles. The second kappa shape index (κ2) is 11.7. The van der Waals surface area contributed by atoms with Gasteiger partial charge in [-0.15, -0.1) is 0 Å². The molecule has 3 aromatic carbocycles. The first-order valence-corrected chi connectivity index (χ1v) is 15.7. The summed E-state index contributed by atoms with van der Waals surface area (Å²) in [6.07, 6.45) is 3.08. The molecule has 5 atom stereocenters. The number of ether oxygens (including phenoxy) is 2. The molecule has 5 rings (SSSR count). The molecule has 6 nitrogen and oxygen atoms in total. The summed E-state index contributed by atoms with van der Waals surface area (Å²) in [5.74, 6) is 2.06. The van der Waals surface area contributed by atoms with E-state index < -0.39 is 13.2 Å². The molecule has 0 amide bonds. The SMILES string of the molecule is CC(C)[C@H]1CC[C@@H](C)C[C@H]1O[P@](=O)(c1ccc(N(C)C)cc1)[C@H](Nc1ccccc1)c1ccc2c(c1)OCO2. The van der Waals surface area contributed by atoms with E-state index in [1.807, 2.05) is 91.8 Å². The number of rotatable bonds is 9. The fourth-order valence-electron chi connectivity index (χ4n) is 5.81. The van der Waals surface area contributed by atoms with E-state index in [4.69, 9.17) is 14.0 Å². The van der Waals surface area contributed by atoms with Gasteiger partial charge in [0, 0.05) is 30.8 Å². The number of hydrogen-bond acceptors (Lipinski definition) is 6. The first kappa shape index (κ1) is 27.6. The van der Waals surface area contributed by atoms with Crippen molar-refractivity contribution in [3.8, 4) is 11.5 Å². The quantitative estimate of drug-likeness (QED) is 0.277. The lowest BCUT2D eigenvalue weighted by Crippen LogP contribution is -2.35. The summed E-state index contributed by atoms with van der Waals surface area (Å²) in [4.78, 5) is 2.05. The Morgan fingerprint density at radius 1 is 0.949 bits per heavy atom. The van der Waals surface area contributed by atoms with Gasteiger partial charge in [0.2, 0.25) is 6.79 Å². The molecular formula is C32H41N2O4P. The average molecular weight is 549 g/mol. The van der Waals surface area contributed by atoms with Crippen molar-refractivity contribution in [1.29, 1.82) is 0 Å². The van der Waals surface area contributed by atoms with Gasteiger partial charge in [-0.2, -0.15) is 0 Å². The molecule has 0 saturated heterocycles. The first-order chi connectivity index (χ1) is 18.7. The van der Waals surface area contributed by atoms with Gasteiger partial charge in [-0.3, -0.25) is 4.57 Å². The molecule has 0 spiro atoms. The zero-order chi connectivity index (χ0) is 27.6. The van der Waals surface area contributed by atoms with Crippen LogP contribution in [0.2, 0.25) is 0 Å². The normalized spacial score (nSPS) is 22.8. The number of anilines is 2. The van der Waals surface area contributed by atoms with E-state index >= 15 is 4.57 Å². The third-order valence-electron chi connectivity index (χ3n) is 8.11. The summed E-state index contributed by atoms with van der Waals surface area (Å²) >= 11 is 0. The van der Waals surface area contributed by atoms with E-state index in [0.29, 0.717) is 34.6 Å². The molecule has 1 aliphatic carbocycles. The van der Waals surface area contributed by atoms with E-state index in [2.05, 4.69) is 26.1 Å². The second-order valence-corrected chi connectivity index (χ2v) is 13.9. The number of benzene rings is 3. The minimum Gasteiger partial charge on any atom is -0.454 e. The van der Waals surface area contributed by atoms with Gasteiger partial charge >= 0.3 is 0 Å². The Kier molecular flexibility index (Phi) is 8.25. The molecular weight excluding hydrogens is 507 g/mol. The lowest BCUT2D eigenvalue weighted by atomic mass is 9.75. The fraction of sp³-hybridized carbons (Fsp3) is 0.438. The summed E-state index contributed by atoms with van der Waals surface area (Å²) < 4.78 is 34.0. The number of para-hydroxylation sites is 1. The van der Waals surface area contributed by atoms with Gasteiger partial charge in [0.1, 0.15) is 5.78 Å². The zero-order valence-electron chi connectivity index (χ0n) is 23.7. The Morgan fingerprint density at radius 2 is 1.67 bits per heavy atom. The number of nitrogens with one attached hydrogen (secondary N) is 1. The molecule has 0 radical (unpaired) electrons. The fourth-order valence-corrected chi connectivity index (χ4v) is 8.43. The van der Waals surface area contributed by atoms with Crippen LogP contribution in [0.4, 0.5) is 11.4 Å². The van der Waals surface area contributed by atoms with Crippen LogP contribution in [-0.2, 0) is 9.09 Å². The van der Waals surface area contributed by atoms with Crippen molar-refractivity contribution in [3.63, 3.8) is 0 Å². The van der Waals surface area contributed by atoms with Crippen molar-refractivity contribution in [2.75, 3.05) is 31.1 Å². The molecule has 3 aromatic rings. The molecule has 1 N–H and O–H groups in total. The molecule has 1 heterocycles. The van der Waals surface area contributed by atoms with Crippen LogP contribution in [0.5, 0.6) is 11.5 Å². The van der Waals surface area contributed by atoms with E-state index in [9.17, 15) is 0 Å². The van der Waals surface area contributed by atoms with Gasteiger partial charge in [0.25, 0.3) is 7.37 Å². The highest BCUT2D eigenvalue weighted by Gasteiger charge is 2.44. The van der Waals surface area contributed by atoms with Gasteiger partial charge in [-0.05, 0) is 84.7 Å². The maximum Gasteiger partial charge on any atom is 0.258 e. The largest absolute Gasteiger partial charge is 0.454 e. The van der Waals surface area contributed by atoms with Gasteiger partial charge in [-0.1, -0.05) is 51.5 Å². The van der Waals surface area contributed by atoms with E-state index in [-0.39, 0.29) is 12.9 Å². The maximum atomic E-state index is 15.7. The number of fused-ring (bicyclic) bond motifs is 1. The van der Waals surface area contributed by atoms with E-state index in [0.717, 1.165) is 29.8 Å². The van der Waals surface area contributed by atoms with E-state index in [1.54, 1.807) is 0 Å². The zero-order valence-corrected chi connectivity index (χ0v) is 24.6. The van der Waals surface area contributed by atoms with Crippen LogP contribution in [0.15, 0.2) is 72.8 Å². The summed E-state index contributed by atoms with van der Waals surface area (Å²) in [6.45, 7) is 6.98. The van der Waals surface area contributed by atoms with Crippen molar-refractivity contribution < 1.29 is 18.6 Å². The highest BCUT2D eigenvalue weighted by molar-refractivity contribution is 7.67. The number of nitrogens with zero attached hydrogens (tertiary/aromatic N) is 1. The van der Waals surface area contributed by atoms with Crippen LogP contribution in [0.3, 0.4) is 0 Å². The Labute approximate surface area is 233 Å². The van der Waals surface area contributed by atoms with Crippen LogP contribution in [-0.4, -0.2) is 27.0 Å². The Hall–Kier alpha value is -2.95. The smallest absolute Gasteiger partial charge is 0.258 e. The predicted molar refractivity (Wildman–Crippen MR) is 160 cm³/mol. The lowest BCUT2D eigenvalue weighted by molar-refractivity contribution is 0.0489. The third kappa shape index (κ3) is 5.97. The molecule has 1 aliphatic heterocycles. The topological polar surface area (TPSA) is 60.0 Å². The third-order valence-corrected chi connectivity index (χ3v) is 10.8. The van der Waals surface area contributed by atoms with Crippen LogP contribution in [0, 0.1) is 17.8 Å². The summed E-state index contributed by atoms with van der Waals surface area (Å²) in [5.41, 5.74) is 2.77. The molecule has 1 fully saturated rings. The van der Waals surface area contributed by atoms with Crippen molar-refractivity contribution in [3.05, 3.63) is 78.4 Å². The van der Waals surface area contributed by atoms with Crippen molar-refractivity contribution >= 4 is 24.0 Å². The van der Waals surface area contributed by atoms with E-state index in [1.165, 1.54) is 6.42 Å². The van der Waals surface area contributed by atoms with Gasteiger partial charge < -0.3 is 24.2 Å².